The summed E-state index contributed by atoms with van der Waals surface area (Å²) in [6.07, 6.45) is -0.0626. The molecule has 0 saturated heterocycles. The summed E-state index contributed by atoms with van der Waals surface area (Å²) in [6.45, 7) is 6.45. The number of aliphatic hydroxyl groups excluding tert-OH is 1. The van der Waals surface area contributed by atoms with E-state index in [-0.39, 0.29) is 11.9 Å². The Balaban J connectivity index is 1.87. The first-order chi connectivity index (χ1) is 9.97. The first-order valence-corrected chi connectivity index (χ1v) is 7.06. The van der Waals surface area contributed by atoms with E-state index in [1.165, 1.54) is 12.1 Å². The number of hydrogen-bond donors (Lipinski definition) is 2. The van der Waals surface area contributed by atoms with Crippen molar-refractivity contribution < 1.29 is 14.0 Å². The molecule has 2 aromatic rings. The van der Waals surface area contributed by atoms with Gasteiger partial charge in [-0.2, -0.15) is 0 Å². The molecule has 0 aliphatic rings. The zero-order valence-corrected chi connectivity index (χ0v) is 12.6. The molecule has 1 heterocycles. The number of hydrogen-bond acceptors (Lipinski definition) is 4. The van der Waals surface area contributed by atoms with E-state index in [1.54, 1.807) is 12.1 Å². The van der Waals surface area contributed by atoms with Crippen molar-refractivity contribution >= 4 is 0 Å². The van der Waals surface area contributed by atoms with Crippen molar-refractivity contribution in [1.29, 1.82) is 0 Å². The van der Waals surface area contributed by atoms with Gasteiger partial charge in [-0.3, -0.25) is 0 Å². The molecule has 4 nitrogen and oxygen atoms in total. The van der Waals surface area contributed by atoms with Crippen LogP contribution < -0.4 is 5.32 Å². The van der Waals surface area contributed by atoms with Crippen molar-refractivity contribution in [3.8, 4) is 0 Å². The van der Waals surface area contributed by atoms with Crippen molar-refractivity contribution in [3.63, 3.8) is 0 Å². The number of aromatic nitrogens is 1. The van der Waals surface area contributed by atoms with Gasteiger partial charge in [-0.15, -0.1) is 0 Å². The SMILES string of the molecule is Cc1noc(C)c1CN[C@@H](C)C[C@@H](O)c1ccc(F)cc1. The van der Waals surface area contributed by atoms with Gasteiger partial charge < -0.3 is 14.9 Å². The van der Waals surface area contributed by atoms with Gasteiger partial charge in [-0.1, -0.05) is 17.3 Å². The van der Waals surface area contributed by atoms with Gasteiger partial charge in [0.1, 0.15) is 11.6 Å². The molecule has 0 spiro atoms. The van der Waals surface area contributed by atoms with Gasteiger partial charge in [0.15, 0.2) is 0 Å². The number of rotatable bonds is 6. The van der Waals surface area contributed by atoms with Crippen LogP contribution in [-0.4, -0.2) is 16.3 Å². The van der Waals surface area contributed by atoms with E-state index in [2.05, 4.69) is 10.5 Å². The summed E-state index contributed by atoms with van der Waals surface area (Å²) < 4.78 is 18.0. The van der Waals surface area contributed by atoms with Crippen molar-refractivity contribution in [1.82, 2.24) is 10.5 Å². The van der Waals surface area contributed by atoms with Gasteiger partial charge in [0.25, 0.3) is 0 Å². The first kappa shape index (κ1) is 15.7. The second-order valence-corrected chi connectivity index (χ2v) is 5.39. The van der Waals surface area contributed by atoms with Crippen molar-refractivity contribution in [2.75, 3.05) is 0 Å². The summed E-state index contributed by atoms with van der Waals surface area (Å²) in [5.41, 5.74) is 2.66. The Kier molecular flexibility index (Phi) is 5.09. The van der Waals surface area contributed by atoms with Gasteiger partial charge in [-0.25, -0.2) is 4.39 Å². The smallest absolute Gasteiger partial charge is 0.138 e. The van der Waals surface area contributed by atoms with Crippen molar-refractivity contribution in [2.45, 2.75) is 45.9 Å². The fourth-order valence-electron chi connectivity index (χ4n) is 2.27. The van der Waals surface area contributed by atoms with Crippen LogP contribution in [0.25, 0.3) is 0 Å². The lowest BCUT2D eigenvalue weighted by Gasteiger charge is -2.18. The normalized spacial score (nSPS) is 14.1. The van der Waals surface area contributed by atoms with Gasteiger partial charge >= 0.3 is 0 Å². The van der Waals surface area contributed by atoms with E-state index >= 15 is 0 Å². The van der Waals surface area contributed by atoms with Gasteiger partial charge in [-0.05, 0) is 44.9 Å². The van der Waals surface area contributed by atoms with Crippen molar-refractivity contribution in [3.05, 3.63) is 52.7 Å². The van der Waals surface area contributed by atoms with Crippen LogP contribution in [0.2, 0.25) is 0 Å². The molecular weight excluding hydrogens is 271 g/mol. The van der Waals surface area contributed by atoms with E-state index in [9.17, 15) is 9.50 Å². The minimum atomic E-state index is -0.613. The Bertz CT molecular complexity index is 561. The number of benzene rings is 1. The quantitative estimate of drug-likeness (QED) is 0.859. The number of nitrogens with one attached hydrogen (secondary N) is 1. The Morgan fingerprint density at radius 3 is 2.52 bits per heavy atom. The molecule has 2 rings (SSSR count). The van der Waals surface area contributed by atoms with E-state index in [0.29, 0.717) is 13.0 Å². The van der Waals surface area contributed by atoms with E-state index in [0.717, 1.165) is 22.6 Å². The standard InChI is InChI=1S/C16H21FN2O2/c1-10(18-9-15-11(2)19-21-12(15)3)8-16(20)13-4-6-14(17)7-5-13/h4-7,10,16,18,20H,8-9H2,1-3H3/t10-,16+/m0/s1. The van der Waals surface area contributed by atoms with E-state index < -0.39 is 6.10 Å². The fraction of sp³-hybridized carbons (Fsp3) is 0.438. The largest absolute Gasteiger partial charge is 0.388 e. The van der Waals surface area contributed by atoms with Crippen LogP contribution in [0.4, 0.5) is 4.39 Å². The molecule has 1 aromatic heterocycles. The lowest BCUT2D eigenvalue weighted by Crippen LogP contribution is -2.27. The Morgan fingerprint density at radius 1 is 1.29 bits per heavy atom. The molecule has 0 saturated carbocycles. The third kappa shape index (κ3) is 4.12. The van der Waals surface area contributed by atoms with Gasteiger partial charge in [0.2, 0.25) is 0 Å². The lowest BCUT2D eigenvalue weighted by atomic mass is 10.0. The average Bonchev–Trinajstić information content (AvgIpc) is 2.76. The molecular formula is C16H21FN2O2. The van der Waals surface area contributed by atoms with Gasteiger partial charge in [0.05, 0.1) is 11.8 Å². The summed E-state index contributed by atoms with van der Waals surface area (Å²) in [5.74, 6) is 0.516. The van der Waals surface area contributed by atoms with Crippen molar-refractivity contribution in [2.24, 2.45) is 0 Å². The summed E-state index contributed by atoms with van der Waals surface area (Å²) in [7, 11) is 0. The van der Waals surface area contributed by atoms with Crippen LogP contribution in [0.15, 0.2) is 28.8 Å². The topological polar surface area (TPSA) is 58.3 Å². The maximum absolute atomic E-state index is 12.9. The molecule has 0 amide bonds. The molecule has 2 N–H and O–H groups in total. The molecule has 0 unspecified atom stereocenters. The number of aliphatic hydroxyl groups is 1. The van der Waals surface area contributed by atoms with Crippen LogP contribution in [0, 0.1) is 19.7 Å². The molecule has 114 valence electrons. The van der Waals surface area contributed by atoms with Gasteiger partial charge in [0, 0.05) is 18.2 Å². The molecule has 21 heavy (non-hydrogen) atoms. The van der Waals surface area contributed by atoms with E-state index in [1.807, 2.05) is 20.8 Å². The van der Waals surface area contributed by atoms with Crippen LogP contribution in [-0.2, 0) is 6.54 Å². The highest BCUT2D eigenvalue weighted by atomic mass is 19.1. The third-order valence-electron chi connectivity index (χ3n) is 3.64. The summed E-state index contributed by atoms with van der Waals surface area (Å²) in [4.78, 5) is 0. The monoisotopic (exact) mass is 292 g/mol. The summed E-state index contributed by atoms with van der Waals surface area (Å²) >= 11 is 0. The zero-order chi connectivity index (χ0) is 15.4. The number of halogens is 1. The number of nitrogens with zero attached hydrogens (tertiary/aromatic N) is 1. The molecule has 0 radical (unpaired) electrons. The molecule has 5 heteroatoms. The highest BCUT2D eigenvalue weighted by molar-refractivity contribution is 5.21. The molecule has 0 bridgehead atoms. The van der Waals surface area contributed by atoms with E-state index in [4.69, 9.17) is 4.52 Å². The Morgan fingerprint density at radius 2 is 1.95 bits per heavy atom. The molecule has 2 atom stereocenters. The fourth-order valence-corrected chi connectivity index (χ4v) is 2.27. The Labute approximate surface area is 124 Å². The average molecular weight is 292 g/mol. The zero-order valence-electron chi connectivity index (χ0n) is 12.6. The maximum Gasteiger partial charge on any atom is 0.138 e. The summed E-state index contributed by atoms with van der Waals surface area (Å²) in [5, 5.41) is 17.4. The minimum absolute atomic E-state index is 0.110. The third-order valence-corrected chi connectivity index (χ3v) is 3.64. The number of aryl methyl sites for hydroxylation is 2. The predicted molar refractivity (Wildman–Crippen MR) is 78.3 cm³/mol. The minimum Gasteiger partial charge on any atom is -0.388 e. The van der Waals surface area contributed by atoms with Crippen LogP contribution >= 0.6 is 0 Å². The lowest BCUT2D eigenvalue weighted by molar-refractivity contribution is 0.153. The highest BCUT2D eigenvalue weighted by Gasteiger charge is 2.14. The molecule has 0 aliphatic heterocycles. The molecule has 0 fully saturated rings. The molecule has 0 aliphatic carbocycles. The maximum atomic E-state index is 12.9. The second-order valence-electron chi connectivity index (χ2n) is 5.39. The Hall–Kier alpha value is -1.72. The second kappa shape index (κ2) is 6.83. The van der Waals surface area contributed by atoms with Crippen LogP contribution in [0.5, 0.6) is 0 Å². The highest BCUT2D eigenvalue weighted by Crippen LogP contribution is 2.19. The summed E-state index contributed by atoms with van der Waals surface area (Å²) in [6, 6.07) is 6.06. The van der Waals surface area contributed by atoms with Crippen LogP contribution in [0.3, 0.4) is 0 Å². The first-order valence-electron chi connectivity index (χ1n) is 7.06. The predicted octanol–water partition coefficient (Wildman–Crippen LogP) is 3.03. The van der Waals surface area contributed by atoms with Crippen LogP contribution in [0.1, 0.15) is 42.0 Å². The molecule has 1 aromatic carbocycles.